The molecule has 4 rings (SSSR count). The largest absolute Gasteiger partial charge is 0.492 e. The van der Waals surface area contributed by atoms with Gasteiger partial charge in [-0.1, -0.05) is 43.2 Å². The van der Waals surface area contributed by atoms with Crippen LogP contribution in [0.1, 0.15) is 44.1 Å². The predicted molar refractivity (Wildman–Crippen MR) is 141 cm³/mol. The molecule has 6 nitrogen and oxygen atoms in total. The van der Waals surface area contributed by atoms with Gasteiger partial charge in [-0.3, -0.25) is 5.32 Å². The number of guanidine groups is 1. The van der Waals surface area contributed by atoms with E-state index in [0.29, 0.717) is 37.0 Å². The summed E-state index contributed by atoms with van der Waals surface area (Å²) in [5, 5.41) is 15.5. The highest BCUT2D eigenvalue weighted by atomic mass is 19.1. The van der Waals surface area contributed by atoms with Crippen LogP contribution in [0.4, 0.5) is 4.39 Å². The van der Waals surface area contributed by atoms with E-state index in [0.717, 1.165) is 38.2 Å². The summed E-state index contributed by atoms with van der Waals surface area (Å²) in [6, 6.07) is 17.0. The summed E-state index contributed by atoms with van der Waals surface area (Å²) in [7, 11) is 0. The second-order valence-corrected chi connectivity index (χ2v) is 10.0. The summed E-state index contributed by atoms with van der Waals surface area (Å²) < 4.78 is 19.0. The zero-order valence-electron chi connectivity index (χ0n) is 21.0. The first kappa shape index (κ1) is 26.0. The van der Waals surface area contributed by atoms with Gasteiger partial charge < -0.3 is 15.0 Å². The minimum atomic E-state index is -0.169. The fraction of sp³-hybridized carbons (Fsp3) is 0.517. The molecule has 192 valence electrons. The van der Waals surface area contributed by atoms with Crippen LogP contribution in [0.25, 0.3) is 0 Å². The highest BCUT2D eigenvalue weighted by Gasteiger charge is 2.29. The molecule has 1 aliphatic carbocycles. The average molecular weight is 492 g/mol. The van der Waals surface area contributed by atoms with Crippen LogP contribution in [-0.4, -0.2) is 49.7 Å². The maximum Gasteiger partial charge on any atom is 0.205 e. The van der Waals surface area contributed by atoms with E-state index in [1.165, 1.54) is 37.7 Å². The molecule has 0 radical (unpaired) electrons. The van der Waals surface area contributed by atoms with Crippen molar-refractivity contribution in [3.63, 3.8) is 0 Å². The minimum Gasteiger partial charge on any atom is -0.492 e. The predicted octanol–water partition coefficient (Wildman–Crippen LogP) is 4.73. The normalized spacial score (nSPS) is 23.0. The van der Waals surface area contributed by atoms with E-state index in [4.69, 9.17) is 4.74 Å². The lowest BCUT2D eigenvalue weighted by molar-refractivity contribution is 0.125. The van der Waals surface area contributed by atoms with Gasteiger partial charge >= 0.3 is 0 Å². The van der Waals surface area contributed by atoms with E-state index < -0.39 is 0 Å². The third-order valence-corrected chi connectivity index (χ3v) is 7.31. The summed E-state index contributed by atoms with van der Waals surface area (Å²) in [4.78, 5) is 7.19. The Hall–Kier alpha value is -3.11. The van der Waals surface area contributed by atoms with E-state index >= 15 is 0 Å². The number of nitriles is 1. The van der Waals surface area contributed by atoms with Crippen LogP contribution in [0.3, 0.4) is 0 Å². The number of ether oxygens (including phenoxy) is 1. The van der Waals surface area contributed by atoms with Gasteiger partial charge in [0.05, 0.1) is 6.54 Å². The smallest absolute Gasteiger partial charge is 0.205 e. The molecule has 0 bridgehead atoms. The van der Waals surface area contributed by atoms with Gasteiger partial charge in [-0.15, -0.1) is 0 Å². The number of hydrogen-bond acceptors (Lipinski definition) is 4. The molecule has 7 heteroatoms. The Bertz CT molecular complexity index is 991. The molecule has 2 fully saturated rings. The van der Waals surface area contributed by atoms with Crippen molar-refractivity contribution in [3.8, 4) is 11.9 Å². The number of nitrogens with one attached hydrogen (secondary N) is 2. The number of para-hydroxylation sites is 1. The zero-order valence-corrected chi connectivity index (χ0v) is 21.0. The molecule has 2 aliphatic rings. The Morgan fingerprint density at radius 3 is 2.67 bits per heavy atom. The van der Waals surface area contributed by atoms with Crippen LogP contribution in [0.2, 0.25) is 0 Å². The van der Waals surface area contributed by atoms with Crippen LogP contribution in [0.15, 0.2) is 59.6 Å². The van der Waals surface area contributed by atoms with Crippen molar-refractivity contribution < 1.29 is 9.13 Å². The number of rotatable bonds is 9. The van der Waals surface area contributed by atoms with Gasteiger partial charge in [-0.05, 0) is 80.3 Å². The Morgan fingerprint density at radius 2 is 1.86 bits per heavy atom. The monoisotopic (exact) mass is 491 g/mol. The number of piperidine rings is 1. The third-order valence-electron chi connectivity index (χ3n) is 7.31. The standard InChI is InChI=1S/C29H38FN5O/c30-26-14-12-23(13-15-26)19-24-7-6-17-35(20-24)21-25-8-4-5-11-28(25)34-29(33-22-31)32-16-18-36-27-9-2-1-3-10-27/h1-3,9-10,12-15,24-25,28H,4-8,11,16-21H2,(H2,32,33,34)/t24-,25-,28+/m0/s1. The van der Waals surface area contributed by atoms with Crippen molar-refractivity contribution in [3.05, 3.63) is 66.0 Å². The molecule has 1 saturated heterocycles. The molecule has 3 atom stereocenters. The van der Waals surface area contributed by atoms with Gasteiger partial charge in [0.1, 0.15) is 18.2 Å². The zero-order chi connectivity index (χ0) is 25.0. The number of hydrogen-bond donors (Lipinski definition) is 2. The maximum absolute atomic E-state index is 13.3. The van der Waals surface area contributed by atoms with Crippen LogP contribution in [0, 0.1) is 29.1 Å². The SMILES string of the molecule is N#CNC(=NCCOc1ccccc1)N[C@@H]1CCCC[C@H]1CN1CCC[C@@H](Cc2ccc(F)cc2)C1. The van der Waals surface area contributed by atoms with Gasteiger partial charge in [0.25, 0.3) is 0 Å². The lowest BCUT2D eigenvalue weighted by Gasteiger charge is -2.39. The quantitative estimate of drug-likeness (QED) is 0.174. The van der Waals surface area contributed by atoms with Gasteiger partial charge in [0.15, 0.2) is 6.19 Å². The maximum atomic E-state index is 13.3. The van der Waals surface area contributed by atoms with E-state index in [9.17, 15) is 9.65 Å². The second kappa shape index (κ2) is 13.8. The number of halogens is 1. The van der Waals surface area contributed by atoms with Crippen LogP contribution in [-0.2, 0) is 6.42 Å². The highest BCUT2D eigenvalue weighted by Crippen LogP contribution is 2.28. The van der Waals surface area contributed by atoms with Crippen LogP contribution >= 0.6 is 0 Å². The van der Waals surface area contributed by atoms with Gasteiger partial charge in [-0.25, -0.2) is 9.38 Å². The Labute approximate surface area is 214 Å². The second-order valence-electron chi connectivity index (χ2n) is 10.0. The first-order chi connectivity index (χ1) is 17.7. The first-order valence-electron chi connectivity index (χ1n) is 13.3. The lowest BCUT2D eigenvalue weighted by Crippen LogP contribution is -2.50. The molecule has 1 aliphatic heterocycles. The molecule has 36 heavy (non-hydrogen) atoms. The number of nitrogens with zero attached hydrogens (tertiary/aromatic N) is 3. The number of aliphatic imine (C=N–C) groups is 1. The minimum absolute atomic E-state index is 0.169. The summed E-state index contributed by atoms with van der Waals surface area (Å²) in [6.45, 7) is 4.22. The van der Waals surface area contributed by atoms with Crippen LogP contribution in [0.5, 0.6) is 5.75 Å². The fourth-order valence-electron chi connectivity index (χ4n) is 5.57. The van der Waals surface area contributed by atoms with Gasteiger partial charge in [-0.2, -0.15) is 5.26 Å². The molecular formula is C29H38FN5O. The van der Waals surface area contributed by atoms with Gasteiger partial charge in [0, 0.05) is 19.1 Å². The van der Waals surface area contributed by atoms with Crippen molar-refractivity contribution >= 4 is 5.96 Å². The summed E-state index contributed by atoms with van der Waals surface area (Å²) >= 11 is 0. The van der Waals surface area contributed by atoms with E-state index in [2.05, 4.69) is 20.5 Å². The van der Waals surface area contributed by atoms with Crippen molar-refractivity contribution in [2.24, 2.45) is 16.8 Å². The molecule has 0 spiro atoms. The molecule has 0 amide bonds. The molecule has 1 heterocycles. The molecule has 2 aromatic carbocycles. The van der Waals surface area contributed by atoms with E-state index in [1.807, 2.05) is 48.7 Å². The summed E-state index contributed by atoms with van der Waals surface area (Å²) in [5.41, 5.74) is 1.22. The van der Waals surface area contributed by atoms with E-state index in [-0.39, 0.29) is 5.82 Å². The molecule has 0 aromatic heterocycles. The topological polar surface area (TPSA) is 72.7 Å². The Balaban J connectivity index is 1.29. The number of likely N-dealkylation sites (tertiary alicyclic amines) is 1. The molecule has 1 saturated carbocycles. The third kappa shape index (κ3) is 8.23. The summed E-state index contributed by atoms with van der Waals surface area (Å²) in [6.07, 6.45) is 10.2. The number of benzene rings is 2. The van der Waals surface area contributed by atoms with Crippen LogP contribution < -0.4 is 15.4 Å². The lowest BCUT2D eigenvalue weighted by atomic mass is 9.83. The van der Waals surface area contributed by atoms with Crippen molar-refractivity contribution in [2.45, 2.75) is 51.0 Å². The van der Waals surface area contributed by atoms with Crippen molar-refractivity contribution in [2.75, 3.05) is 32.8 Å². The Kier molecular flexibility index (Phi) is 9.98. The van der Waals surface area contributed by atoms with Crippen molar-refractivity contribution in [1.82, 2.24) is 15.5 Å². The van der Waals surface area contributed by atoms with E-state index in [1.54, 1.807) is 12.1 Å². The fourth-order valence-corrected chi connectivity index (χ4v) is 5.57. The Morgan fingerprint density at radius 1 is 1.06 bits per heavy atom. The first-order valence-corrected chi connectivity index (χ1v) is 13.3. The summed E-state index contributed by atoms with van der Waals surface area (Å²) in [5.74, 6) is 2.33. The average Bonchev–Trinajstić information content (AvgIpc) is 2.90. The molecular weight excluding hydrogens is 453 g/mol. The van der Waals surface area contributed by atoms with Crippen molar-refractivity contribution in [1.29, 1.82) is 5.26 Å². The molecule has 0 unspecified atom stereocenters. The highest BCUT2D eigenvalue weighted by molar-refractivity contribution is 5.81. The molecule has 2 aromatic rings. The molecule has 2 N–H and O–H groups in total. The van der Waals surface area contributed by atoms with Gasteiger partial charge in [0.2, 0.25) is 5.96 Å².